The van der Waals surface area contributed by atoms with E-state index in [0.717, 1.165) is 35.8 Å². The number of nitrogens with zero attached hydrogens (tertiary/aromatic N) is 1. The summed E-state index contributed by atoms with van der Waals surface area (Å²) in [4.78, 5) is 11.0. The van der Waals surface area contributed by atoms with Crippen LogP contribution in [-0.4, -0.2) is 45.0 Å². The summed E-state index contributed by atoms with van der Waals surface area (Å²) in [6.45, 7) is 1.91. The van der Waals surface area contributed by atoms with Crippen LogP contribution in [0, 0.1) is 0 Å². The van der Waals surface area contributed by atoms with Crippen LogP contribution < -0.4 is 5.32 Å². The van der Waals surface area contributed by atoms with Crippen molar-refractivity contribution in [3.63, 3.8) is 0 Å². The Morgan fingerprint density at radius 3 is 2.44 bits per heavy atom. The van der Waals surface area contributed by atoms with Crippen molar-refractivity contribution in [2.24, 2.45) is 0 Å². The second kappa shape index (κ2) is 6.97. The number of benzene rings is 1. The van der Waals surface area contributed by atoms with Gasteiger partial charge in [-0.2, -0.15) is 0 Å². The number of quaternary nitrogens is 1. The summed E-state index contributed by atoms with van der Waals surface area (Å²) in [6, 6.07) is 9.86. The average molecular weight is 247 g/mol. The molecule has 0 fully saturated rings. The predicted molar refractivity (Wildman–Crippen MR) is 76.0 cm³/mol. The molecule has 0 aliphatic rings. The summed E-state index contributed by atoms with van der Waals surface area (Å²) in [7, 11) is 6.50. The molecule has 1 aromatic carbocycles. The lowest BCUT2D eigenvalue weighted by Crippen LogP contribution is -2.36. The molecule has 1 rings (SSSR count). The molecule has 0 aromatic heterocycles. The second-order valence-corrected chi connectivity index (χ2v) is 5.42. The second-order valence-electron chi connectivity index (χ2n) is 5.42. The first-order chi connectivity index (χ1) is 8.51. The molecule has 0 aliphatic carbocycles. The maximum absolute atomic E-state index is 11.0. The van der Waals surface area contributed by atoms with Crippen molar-refractivity contribution in [3.8, 4) is 0 Å². The molecule has 0 spiro atoms. The lowest BCUT2D eigenvalue weighted by atomic mass is 10.2. The molecule has 98 valence electrons. The van der Waals surface area contributed by atoms with Crippen molar-refractivity contribution >= 4 is 12.4 Å². The van der Waals surface area contributed by atoms with Crippen LogP contribution >= 0.6 is 0 Å². The molecule has 0 radical (unpaired) electrons. The molecule has 3 heteroatoms. The van der Waals surface area contributed by atoms with Crippen LogP contribution in [0.2, 0.25) is 0 Å². The molecule has 0 bridgehead atoms. The van der Waals surface area contributed by atoms with Crippen molar-refractivity contribution in [2.45, 2.75) is 6.42 Å². The van der Waals surface area contributed by atoms with Crippen molar-refractivity contribution in [1.82, 2.24) is 5.32 Å². The van der Waals surface area contributed by atoms with Crippen molar-refractivity contribution in [3.05, 3.63) is 41.6 Å². The Balaban J connectivity index is 2.43. The van der Waals surface area contributed by atoms with E-state index in [1.165, 1.54) is 0 Å². The Morgan fingerprint density at radius 1 is 1.22 bits per heavy atom. The van der Waals surface area contributed by atoms with E-state index in [1.807, 2.05) is 36.4 Å². The van der Waals surface area contributed by atoms with Crippen molar-refractivity contribution in [1.29, 1.82) is 0 Å². The fourth-order valence-electron chi connectivity index (χ4n) is 1.64. The normalized spacial score (nSPS) is 12.3. The number of aldehydes is 1. The van der Waals surface area contributed by atoms with Crippen LogP contribution in [0.1, 0.15) is 12.0 Å². The van der Waals surface area contributed by atoms with Crippen LogP contribution in [0.3, 0.4) is 0 Å². The summed E-state index contributed by atoms with van der Waals surface area (Å²) in [5.74, 6) is 0. The Bertz CT molecular complexity index is 391. The summed E-state index contributed by atoms with van der Waals surface area (Å²) < 4.78 is 0.945. The molecule has 1 aromatic rings. The molecular formula is C15H23N2O+. The van der Waals surface area contributed by atoms with E-state index in [9.17, 15) is 4.79 Å². The summed E-state index contributed by atoms with van der Waals surface area (Å²) in [6.07, 6.45) is 3.79. The number of allylic oxidation sites excluding steroid dienone is 1. The predicted octanol–water partition coefficient (Wildman–Crippen LogP) is 1.91. The number of nitrogens with one attached hydrogen (secondary N) is 1. The standard InChI is InChI=1S/C15H23N2O/c1-17(2,3)11-7-10-16-15(13-18)12-14-8-5-4-6-9-14/h4-6,8-9,12-13,16H,7,10-11H2,1-3H3/q+1/b15-12+. The Morgan fingerprint density at radius 2 is 1.89 bits per heavy atom. The number of carbonyl (C=O) groups excluding carboxylic acids is 1. The zero-order valence-corrected chi connectivity index (χ0v) is 11.5. The Kier molecular flexibility index (Phi) is 5.59. The highest BCUT2D eigenvalue weighted by molar-refractivity contribution is 5.80. The number of carbonyl (C=O) groups is 1. The smallest absolute Gasteiger partial charge is 0.165 e. The Labute approximate surface area is 110 Å². The third kappa shape index (κ3) is 6.21. The van der Waals surface area contributed by atoms with Gasteiger partial charge in [0.1, 0.15) is 0 Å². The molecule has 0 amide bonds. The van der Waals surface area contributed by atoms with Gasteiger partial charge in [0.15, 0.2) is 6.29 Å². The third-order valence-corrected chi connectivity index (χ3v) is 2.58. The zero-order valence-electron chi connectivity index (χ0n) is 11.5. The molecule has 0 heterocycles. The minimum Gasteiger partial charge on any atom is -0.382 e. The van der Waals surface area contributed by atoms with Gasteiger partial charge in [0, 0.05) is 13.0 Å². The fraction of sp³-hybridized carbons (Fsp3) is 0.400. The minimum absolute atomic E-state index is 0.641. The summed E-state index contributed by atoms with van der Waals surface area (Å²) >= 11 is 0. The zero-order chi connectivity index (χ0) is 13.4. The molecule has 18 heavy (non-hydrogen) atoms. The van der Waals surface area contributed by atoms with E-state index in [0.29, 0.717) is 5.70 Å². The van der Waals surface area contributed by atoms with Crippen LogP contribution in [-0.2, 0) is 4.79 Å². The number of rotatable bonds is 7. The molecule has 0 saturated heterocycles. The van der Waals surface area contributed by atoms with Gasteiger partial charge in [-0.1, -0.05) is 30.3 Å². The highest BCUT2D eigenvalue weighted by Crippen LogP contribution is 2.03. The molecule has 0 atom stereocenters. The van der Waals surface area contributed by atoms with Gasteiger partial charge in [-0.15, -0.1) is 0 Å². The first-order valence-electron chi connectivity index (χ1n) is 6.27. The van der Waals surface area contributed by atoms with Crippen LogP contribution in [0.15, 0.2) is 36.0 Å². The van der Waals surface area contributed by atoms with Gasteiger partial charge in [-0.3, -0.25) is 4.79 Å². The van der Waals surface area contributed by atoms with Gasteiger partial charge in [0.25, 0.3) is 0 Å². The van der Waals surface area contributed by atoms with Gasteiger partial charge >= 0.3 is 0 Å². The third-order valence-electron chi connectivity index (χ3n) is 2.58. The van der Waals surface area contributed by atoms with Gasteiger partial charge < -0.3 is 9.80 Å². The highest BCUT2D eigenvalue weighted by Gasteiger charge is 2.05. The quantitative estimate of drug-likeness (QED) is 0.345. The average Bonchev–Trinajstić information content (AvgIpc) is 2.33. The topological polar surface area (TPSA) is 29.1 Å². The van der Waals surface area contributed by atoms with E-state index in [4.69, 9.17) is 0 Å². The first kappa shape index (κ1) is 14.5. The van der Waals surface area contributed by atoms with E-state index < -0.39 is 0 Å². The van der Waals surface area contributed by atoms with Crippen molar-refractivity contribution in [2.75, 3.05) is 34.2 Å². The maximum Gasteiger partial charge on any atom is 0.165 e. The van der Waals surface area contributed by atoms with E-state index in [2.05, 4.69) is 26.5 Å². The summed E-state index contributed by atoms with van der Waals surface area (Å²) in [5.41, 5.74) is 1.68. The van der Waals surface area contributed by atoms with Gasteiger partial charge in [0.2, 0.25) is 0 Å². The molecule has 0 aliphatic heterocycles. The molecule has 1 N–H and O–H groups in total. The van der Waals surface area contributed by atoms with Crippen LogP contribution in [0.25, 0.3) is 6.08 Å². The van der Waals surface area contributed by atoms with E-state index >= 15 is 0 Å². The SMILES string of the molecule is C[N+](C)(C)CCCN/C(C=O)=C/c1ccccc1. The molecule has 0 saturated carbocycles. The number of hydrogen-bond donors (Lipinski definition) is 1. The molecule has 3 nitrogen and oxygen atoms in total. The van der Waals surface area contributed by atoms with Crippen LogP contribution in [0.5, 0.6) is 0 Å². The van der Waals surface area contributed by atoms with Gasteiger partial charge in [-0.05, 0) is 11.6 Å². The van der Waals surface area contributed by atoms with Crippen molar-refractivity contribution < 1.29 is 9.28 Å². The lowest BCUT2D eigenvalue weighted by Gasteiger charge is -2.23. The maximum atomic E-state index is 11.0. The Hall–Kier alpha value is -1.61. The molecule has 0 unspecified atom stereocenters. The largest absolute Gasteiger partial charge is 0.382 e. The van der Waals surface area contributed by atoms with Crippen LogP contribution in [0.4, 0.5) is 0 Å². The van der Waals surface area contributed by atoms with E-state index in [-0.39, 0.29) is 0 Å². The first-order valence-corrected chi connectivity index (χ1v) is 6.27. The lowest BCUT2D eigenvalue weighted by molar-refractivity contribution is -0.870. The van der Waals surface area contributed by atoms with Gasteiger partial charge in [-0.25, -0.2) is 0 Å². The number of hydrogen-bond acceptors (Lipinski definition) is 2. The van der Waals surface area contributed by atoms with Gasteiger partial charge in [0.05, 0.1) is 33.4 Å². The van der Waals surface area contributed by atoms with E-state index in [1.54, 1.807) is 0 Å². The fourth-order valence-corrected chi connectivity index (χ4v) is 1.64. The highest BCUT2D eigenvalue weighted by atomic mass is 16.1. The summed E-state index contributed by atoms with van der Waals surface area (Å²) in [5, 5.41) is 3.17. The molecular weight excluding hydrogens is 224 g/mol. The minimum atomic E-state index is 0.641. The monoisotopic (exact) mass is 247 g/mol.